The Balaban J connectivity index is 1.60. The van der Waals surface area contributed by atoms with E-state index in [0.717, 1.165) is 30.2 Å². The number of fused-ring (bicyclic) bond motifs is 1. The number of aromatic nitrogens is 1. The Kier molecular flexibility index (Phi) is 5.17. The third-order valence-corrected chi connectivity index (χ3v) is 5.84. The summed E-state index contributed by atoms with van der Waals surface area (Å²) in [4.78, 5) is 5.00. The molecule has 0 unspecified atom stereocenters. The van der Waals surface area contributed by atoms with Crippen molar-refractivity contribution < 1.29 is 4.39 Å². The lowest BCUT2D eigenvalue weighted by molar-refractivity contribution is 0.265. The van der Waals surface area contributed by atoms with Gasteiger partial charge in [0, 0.05) is 22.7 Å². The van der Waals surface area contributed by atoms with Crippen LogP contribution >= 0.6 is 12.2 Å². The quantitative estimate of drug-likeness (QED) is 0.600. The summed E-state index contributed by atoms with van der Waals surface area (Å²) in [5, 5.41) is 4.45. The molecule has 1 heterocycles. The lowest BCUT2D eigenvalue weighted by Crippen LogP contribution is -2.51. The van der Waals surface area contributed by atoms with Gasteiger partial charge in [0.25, 0.3) is 0 Å². The smallest absolute Gasteiger partial charge is 0.149 e. The summed E-state index contributed by atoms with van der Waals surface area (Å²) in [7, 11) is 0. The molecule has 3 aromatic rings. The molecule has 1 aliphatic carbocycles. The molecule has 4 rings (SSSR count). The van der Waals surface area contributed by atoms with Crippen LogP contribution in [-0.4, -0.2) is 15.5 Å². The van der Waals surface area contributed by atoms with Crippen LogP contribution < -0.4 is 5.32 Å². The summed E-state index contributed by atoms with van der Waals surface area (Å²) in [6, 6.07) is 17.5. The Morgan fingerprint density at radius 2 is 1.81 bits per heavy atom. The Hall–Kier alpha value is -2.33. The molecular weight excluding hydrogens is 355 g/mol. The summed E-state index contributed by atoms with van der Waals surface area (Å²) in [6.07, 6.45) is 8.56. The van der Waals surface area contributed by atoms with Gasteiger partial charge in [-0.05, 0) is 37.0 Å². The molecule has 27 heavy (non-hydrogen) atoms. The number of thiocarbonyl (C=S) groups is 1. The third kappa shape index (κ3) is 4.01. The number of nitrogens with one attached hydrogen (secondary N) is 1. The van der Waals surface area contributed by atoms with Crippen molar-refractivity contribution in [2.45, 2.75) is 44.1 Å². The number of pyridine rings is 1. The van der Waals surface area contributed by atoms with Gasteiger partial charge in [0.15, 0.2) is 0 Å². The minimum Gasteiger partial charge on any atom is -0.370 e. The average molecular weight is 379 g/mol. The summed E-state index contributed by atoms with van der Waals surface area (Å²) in [5.41, 5.74) is 2.54. The molecule has 1 aliphatic rings. The highest BCUT2D eigenvalue weighted by atomic mass is 32.1. The maximum Gasteiger partial charge on any atom is 0.149 e. The monoisotopic (exact) mass is 378 g/mol. The highest BCUT2D eigenvalue weighted by Crippen LogP contribution is 2.32. The maximum absolute atomic E-state index is 13.9. The van der Waals surface area contributed by atoms with Crippen LogP contribution in [0.4, 0.5) is 4.39 Å². The van der Waals surface area contributed by atoms with E-state index in [1.54, 1.807) is 12.3 Å². The molecule has 0 aliphatic heterocycles. The van der Waals surface area contributed by atoms with Gasteiger partial charge in [0.1, 0.15) is 16.3 Å². The van der Waals surface area contributed by atoms with Gasteiger partial charge in [-0.3, -0.25) is 4.98 Å². The second-order valence-electron chi connectivity index (χ2n) is 7.49. The Morgan fingerprint density at radius 1 is 1.04 bits per heavy atom. The number of benzene rings is 2. The van der Waals surface area contributed by atoms with Crippen LogP contribution in [0, 0.1) is 5.82 Å². The van der Waals surface area contributed by atoms with Crippen LogP contribution in [0.3, 0.4) is 0 Å². The fraction of sp³-hybridized carbons (Fsp3) is 0.304. The van der Waals surface area contributed by atoms with Gasteiger partial charge in [-0.15, -0.1) is 0 Å². The number of nitrogens with zero attached hydrogens (tertiary/aromatic N) is 1. The molecule has 0 saturated heterocycles. The molecule has 1 aromatic heterocycles. The van der Waals surface area contributed by atoms with E-state index < -0.39 is 0 Å². The van der Waals surface area contributed by atoms with Crippen molar-refractivity contribution in [1.29, 1.82) is 0 Å². The predicted molar refractivity (Wildman–Crippen MR) is 112 cm³/mol. The van der Waals surface area contributed by atoms with Crippen LogP contribution in [0.5, 0.6) is 0 Å². The molecule has 2 nitrogen and oxygen atoms in total. The van der Waals surface area contributed by atoms with Gasteiger partial charge in [-0.25, -0.2) is 4.39 Å². The molecular formula is C23H23FN2S. The molecule has 0 radical (unpaired) electrons. The molecule has 1 N–H and O–H groups in total. The molecule has 0 spiro atoms. The minimum absolute atomic E-state index is 0.0203. The van der Waals surface area contributed by atoms with Gasteiger partial charge in [-0.1, -0.05) is 73.9 Å². The molecule has 0 bridgehead atoms. The zero-order valence-electron chi connectivity index (χ0n) is 15.2. The molecule has 2 aromatic carbocycles. The van der Waals surface area contributed by atoms with E-state index in [4.69, 9.17) is 12.2 Å². The third-order valence-electron chi connectivity index (χ3n) is 5.50. The molecule has 1 fully saturated rings. The van der Waals surface area contributed by atoms with Crippen molar-refractivity contribution in [3.05, 3.63) is 77.7 Å². The number of rotatable bonds is 4. The number of para-hydroxylation sites is 1. The molecule has 4 heteroatoms. The maximum atomic E-state index is 13.9. The fourth-order valence-electron chi connectivity index (χ4n) is 4.12. The van der Waals surface area contributed by atoms with Gasteiger partial charge in [0.05, 0.1) is 0 Å². The predicted octanol–water partition coefficient (Wildman–Crippen LogP) is 5.58. The first-order chi connectivity index (χ1) is 13.2. The van der Waals surface area contributed by atoms with Crippen molar-refractivity contribution in [2.75, 3.05) is 0 Å². The first-order valence-electron chi connectivity index (χ1n) is 9.56. The highest BCUT2D eigenvalue weighted by Gasteiger charge is 2.33. The van der Waals surface area contributed by atoms with E-state index in [9.17, 15) is 4.39 Å². The van der Waals surface area contributed by atoms with Crippen molar-refractivity contribution in [1.82, 2.24) is 10.3 Å². The average Bonchev–Trinajstić information content (AvgIpc) is 2.69. The zero-order valence-corrected chi connectivity index (χ0v) is 16.1. The summed E-state index contributed by atoms with van der Waals surface area (Å²) in [6.45, 7) is 0. The van der Waals surface area contributed by atoms with Gasteiger partial charge >= 0.3 is 0 Å². The highest BCUT2D eigenvalue weighted by molar-refractivity contribution is 7.80. The number of hydrogen-bond acceptors (Lipinski definition) is 2. The molecule has 0 atom stereocenters. The van der Waals surface area contributed by atoms with E-state index in [0.29, 0.717) is 10.5 Å². The molecule has 0 amide bonds. The van der Waals surface area contributed by atoms with Gasteiger partial charge in [0.2, 0.25) is 0 Å². The lowest BCUT2D eigenvalue weighted by atomic mass is 9.77. The van der Waals surface area contributed by atoms with E-state index in [-0.39, 0.29) is 11.4 Å². The second kappa shape index (κ2) is 7.73. The second-order valence-corrected chi connectivity index (χ2v) is 7.90. The van der Waals surface area contributed by atoms with E-state index >= 15 is 0 Å². The van der Waals surface area contributed by atoms with Crippen LogP contribution in [0.25, 0.3) is 10.9 Å². The summed E-state index contributed by atoms with van der Waals surface area (Å²) in [5.74, 6) is -0.300. The summed E-state index contributed by atoms with van der Waals surface area (Å²) < 4.78 is 13.9. The summed E-state index contributed by atoms with van der Waals surface area (Å²) >= 11 is 5.74. The van der Waals surface area contributed by atoms with Crippen molar-refractivity contribution in [3.8, 4) is 0 Å². The number of halogens is 1. The van der Waals surface area contributed by atoms with Crippen molar-refractivity contribution >= 4 is 28.1 Å². The van der Waals surface area contributed by atoms with Gasteiger partial charge < -0.3 is 5.32 Å². The Bertz CT molecular complexity index is 949. The van der Waals surface area contributed by atoms with E-state index in [1.807, 2.05) is 12.1 Å². The zero-order chi connectivity index (χ0) is 18.7. The topological polar surface area (TPSA) is 24.9 Å². The van der Waals surface area contributed by atoms with Crippen molar-refractivity contribution in [2.24, 2.45) is 0 Å². The van der Waals surface area contributed by atoms with Crippen LogP contribution in [0.15, 0.2) is 60.8 Å². The largest absolute Gasteiger partial charge is 0.370 e. The Labute approximate surface area is 164 Å². The lowest BCUT2D eigenvalue weighted by Gasteiger charge is -2.39. The van der Waals surface area contributed by atoms with Crippen LogP contribution in [-0.2, 0) is 6.42 Å². The number of hydrogen-bond donors (Lipinski definition) is 1. The fourth-order valence-corrected chi connectivity index (χ4v) is 4.45. The van der Waals surface area contributed by atoms with Gasteiger partial charge in [-0.2, -0.15) is 0 Å². The molecule has 1 saturated carbocycles. The standard InChI is InChI=1S/C23H23FN2S/c24-20-11-7-10-18-14-19(16-25-21(18)20)22(27)26-23(12-5-2-6-13-23)15-17-8-3-1-4-9-17/h1,3-4,7-11,14,16H,2,5-6,12-13,15H2,(H,26,27). The normalized spacial score (nSPS) is 16.2. The van der Waals surface area contributed by atoms with E-state index in [1.165, 1.54) is 30.9 Å². The van der Waals surface area contributed by atoms with Crippen LogP contribution in [0.2, 0.25) is 0 Å². The first kappa shape index (κ1) is 18.1. The minimum atomic E-state index is -0.300. The van der Waals surface area contributed by atoms with Crippen molar-refractivity contribution in [3.63, 3.8) is 0 Å². The SMILES string of the molecule is Fc1cccc2cc(C(=S)NC3(Cc4ccccc4)CCCCC3)cnc12. The van der Waals surface area contributed by atoms with E-state index in [2.05, 4.69) is 40.6 Å². The van der Waals surface area contributed by atoms with Crippen LogP contribution in [0.1, 0.15) is 43.2 Å². The first-order valence-corrected chi connectivity index (χ1v) is 9.97. The Morgan fingerprint density at radius 3 is 2.59 bits per heavy atom. The molecule has 138 valence electrons.